The van der Waals surface area contributed by atoms with Crippen molar-refractivity contribution in [3.8, 4) is 0 Å². The number of rotatable bonds is 6. The van der Waals surface area contributed by atoms with Gasteiger partial charge in [-0.1, -0.05) is 22.9 Å². The van der Waals surface area contributed by atoms with E-state index in [-0.39, 0.29) is 39.9 Å². The minimum absolute atomic E-state index is 0.0212. The standard InChI is InChI=1S/C17H15ClF3N3O3S/c1-2-27-15(26)12-13(23-14(25)8-3-4-8)24-16(28-12)22-9-5-6-11(18)10(7-9)17(19,20)21/h5-8H,2-4H2,1H3,(H,22,24)(H,23,25). The van der Waals surface area contributed by atoms with Crippen molar-refractivity contribution in [3.63, 3.8) is 0 Å². The lowest BCUT2D eigenvalue weighted by Crippen LogP contribution is -2.16. The van der Waals surface area contributed by atoms with E-state index >= 15 is 0 Å². The van der Waals surface area contributed by atoms with Gasteiger partial charge >= 0.3 is 12.1 Å². The highest BCUT2D eigenvalue weighted by Gasteiger charge is 2.34. The van der Waals surface area contributed by atoms with E-state index in [9.17, 15) is 22.8 Å². The molecule has 1 aliphatic carbocycles. The molecule has 6 nitrogen and oxygen atoms in total. The van der Waals surface area contributed by atoms with Crippen molar-refractivity contribution in [2.45, 2.75) is 25.9 Å². The van der Waals surface area contributed by atoms with E-state index in [0.29, 0.717) is 0 Å². The smallest absolute Gasteiger partial charge is 0.417 e. The highest BCUT2D eigenvalue weighted by atomic mass is 35.5. The Kier molecular flexibility index (Phi) is 5.80. The predicted molar refractivity (Wildman–Crippen MR) is 99.2 cm³/mol. The van der Waals surface area contributed by atoms with Gasteiger partial charge < -0.3 is 15.4 Å². The molecular weight excluding hydrogens is 419 g/mol. The molecule has 150 valence electrons. The van der Waals surface area contributed by atoms with Crippen LogP contribution in [-0.2, 0) is 15.7 Å². The van der Waals surface area contributed by atoms with Gasteiger partial charge in [-0.2, -0.15) is 13.2 Å². The molecule has 0 unspecified atom stereocenters. The zero-order chi connectivity index (χ0) is 20.5. The van der Waals surface area contributed by atoms with Crippen molar-refractivity contribution in [1.82, 2.24) is 4.98 Å². The van der Waals surface area contributed by atoms with Crippen LogP contribution in [0.2, 0.25) is 5.02 Å². The first-order valence-electron chi connectivity index (χ1n) is 8.31. The molecule has 1 aromatic heterocycles. The predicted octanol–water partition coefficient (Wildman–Crippen LogP) is 5.08. The first kappa shape index (κ1) is 20.4. The average Bonchev–Trinajstić information content (AvgIpc) is 3.39. The Morgan fingerprint density at radius 3 is 2.68 bits per heavy atom. The number of hydrogen-bond donors (Lipinski definition) is 2. The van der Waals surface area contributed by atoms with Crippen LogP contribution in [0.1, 0.15) is 35.0 Å². The highest BCUT2D eigenvalue weighted by molar-refractivity contribution is 7.18. The molecule has 1 heterocycles. The summed E-state index contributed by atoms with van der Waals surface area (Å²) in [6.45, 7) is 1.76. The Labute approximate surface area is 167 Å². The first-order chi connectivity index (χ1) is 13.2. The van der Waals surface area contributed by atoms with Gasteiger partial charge in [0.1, 0.15) is 0 Å². The number of hydrogen-bond acceptors (Lipinski definition) is 6. The zero-order valence-electron chi connectivity index (χ0n) is 14.5. The number of halogens is 4. The number of ether oxygens (including phenoxy) is 1. The van der Waals surface area contributed by atoms with Crippen molar-refractivity contribution < 1.29 is 27.5 Å². The van der Waals surface area contributed by atoms with Gasteiger partial charge in [0, 0.05) is 11.6 Å². The molecule has 2 aromatic rings. The third-order valence-electron chi connectivity index (χ3n) is 3.80. The van der Waals surface area contributed by atoms with Crippen LogP contribution in [0.15, 0.2) is 18.2 Å². The fraction of sp³-hybridized carbons (Fsp3) is 0.353. The molecule has 0 atom stereocenters. The maximum atomic E-state index is 13.0. The third kappa shape index (κ3) is 4.74. The quantitative estimate of drug-likeness (QED) is 0.621. The lowest BCUT2D eigenvalue weighted by atomic mass is 10.2. The van der Waals surface area contributed by atoms with E-state index in [4.69, 9.17) is 16.3 Å². The summed E-state index contributed by atoms with van der Waals surface area (Å²) in [7, 11) is 0. The maximum Gasteiger partial charge on any atom is 0.417 e. The molecule has 3 rings (SSSR count). The van der Waals surface area contributed by atoms with Crippen LogP contribution >= 0.6 is 22.9 Å². The second-order valence-electron chi connectivity index (χ2n) is 6.00. The van der Waals surface area contributed by atoms with Crippen molar-refractivity contribution in [2.75, 3.05) is 17.2 Å². The SMILES string of the molecule is CCOC(=O)c1sc(Nc2ccc(Cl)c(C(F)(F)F)c2)nc1NC(=O)C1CC1. The van der Waals surface area contributed by atoms with Gasteiger partial charge in [-0.3, -0.25) is 4.79 Å². The topological polar surface area (TPSA) is 80.3 Å². The number of aromatic nitrogens is 1. The van der Waals surface area contributed by atoms with Crippen molar-refractivity contribution in [2.24, 2.45) is 5.92 Å². The molecule has 1 fully saturated rings. The lowest BCUT2D eigenvalue weighted by Gasteiger charge is -2.11. The zero-order valence-corrected chi connectivity index (χ0v) is 16.1. The Morgan fingerprint density at radius 1 is 1.36 bits per heavy atom. The van der Waals surface area contributed by atoms with Gasteiger partial charge in [-0.15, -0.1) is 0 Å². The van der Waals surface area contributed by atoms with Crippen molar-refractivity contribution >= 4 is 51.5 Å². The third-order valence-corrected chi connectivity index (χ3v) is 5.08. The first-order valence-corrected chi connectivity index (χ1v) is 9.51. The molecule has 11 heteroatoms. The van der Waals surface area contributed by atoms with Gasteiger partial charge in [-0.25, -0.2) is 9.78 Å². The fourth-order valence-electron chi connectivity index (χ4n) is 2.30. The Morgan fingerprint density at radius 2 is 2.07 bits per heavy atom. The summed E-state index contributed by atoms with van der Waals surface area (Å²) in [5, 5.41) is 4.99. The Balaban J connectivity index is 1.87. The van der Waals surface area contributed by atoms with E-state index in [1.165, 1.54) is 6.07 Å². The molecule has 28 heavy (non-hydrogen) atoms. The molecule has 0 spiro atoms. The van der Waals surface area contributed by atoms with Crippen LogP contribution in [0.5, 0.6) is 0 Å². The minimum atomic E-state index is -4.61. The number of carbonyl (C=O) groups excluding carboxylic acids is 2. The Hall–Kier alpha value is -2.33. The fourth-order valence-corrected chi connectivity index (χ4v) is 3.36. The second-order valence-corrected chi connectivity index (χ2v) is 7.40. The largest absolute Gasteiger partial charge is 0.462 e. The number of esters is 1. The number of carbonyl (C=O) groups is 2. The lowest BCUT2D eigenvalue weighted by molar-refractivity contribution is -0.137. The number of nitrogens with one attached hydrogen (secondary N) is 2. The van der Waals surface area contributed by atoms with Gasteiger partial charge in [0.15, 0.2) is 15.8 Å². The van der Waals surface area contributed by atoms with Crippen LogP contribution in [0, 0.1) is 5.92 Å². The van der Waals surface area contributed by atoms with E-state index < -0.39 is 22.7 Å². The molecular formula is C17H15ClF3N3O3S. The summed E-state index contributed by atoms with van der Waals surface area (Å²) in [5.74, 6) is -1.02. The van der Waals surface area contributed by atoms with Crippen molar-refractivity contribution in [1.29, 1.82) is 0 Å². The highest BCUT2D eigenvalue weighted by Crippen LogP contribution is 2.38. The Bertz CT molecular complexity index is 913. The summed E-state index contributed by atoms with van der Waals surface area (Å²) in [4.78, 5) is 28.3. The maximum absolute atomic E-state index is 13.0. The number of benzene rings is 1. The molecule has 0 bridgehead atoms. The molecule has 0 saturated heterocycles. The van der Waals surface area contributed by atoms with Crippen molar-refractivity contribution in [3.05, 3.63) is 33.7 Å². The van der Waals surface area contributed by atoms with E-state index in [1.54, 1.807) is 6.92 Å². The van der Waals surface area contributed by atoms with Crippen LogP contribution in [0.4, 0.5) is 29.8 Å². The van der Waals surface area contributed by atoms with Gasteiger partial charge in [0.2, 0.25) is 5.91 Å². The van der Waals surface area contributed by atoms with Gasteiger partial charge in [-0.05, 0) is 38.0 Å². The summed E-state index contributed by atoms with van der Waals surface area (Å²) in [6.07, 6.45) is -3.08. The molecule has 2 N–H and O–H groups in total. The number of amides is 1. The molecule has 0 aliphatic heterocycles. The van der Waals surface area contributed by atoms with Gasteiger partial charge in [0.05, 0.1) is 17.2 Å². The van der Waals surface area contributed by atoms with Gasteiger partial charge in [0.25, 0.3) is 0 Å². The number of thiazole rings is 1. The molecule has 1 saturated carbocycles. The number of nitrogens with zero attached hydrogens (tertiary/aromatic N) is 1. The second kappa shape index (κ2) is 7.96. The van der Waals surface area contributed by atoms with Crippen LogP contribution < -0.4 is 10.6 Å². The normalized spacial score (nSPS) is 13.9. The summed E-state index contributed by atoms with van der Waals surface area (Å²) in [5.41, 5.74) is -0.912. The van der Waals surface area contributed by atoms with E-state index in [2.05, 4.69) is 15.6 Å². The van der Waals surface area contributed by atoms with E-state index in [0.717, 1.165) is 36.3 Å². The summed E-state index contributed by atoms with van der Waals surface area (Å²) < 4.78 is 44.0. The van der Waals surface area contributed by atoms with Crippen LogP contribution in [0.3, 0.4) is 0 Å². The van der Waals surface area contributed by atoms with E-state index in [1.807, 2.05) is 0 Å². The molecule has 1 amide bonds. The summed E-state index contributed by atoms with van der Waals surface area (Å²) in [6, 6.07) is 3.31. The molecule has 0 radical (unpaired) electrons. The minimum Gasteiger partial charge on any atom is -0.462 e. The molecule has 1 aromatic carbocycles. The van der Waals surface area contributed by atoms with Crippen LogP contribution in [-0.4, -0.2) is 23.5 Å². The van der Waals surface area contributed by atoms with Crippen LogP contribution in [0.25, 0.3) is 0 Å². The number of alkyl halides is 3. The summed E-state index contributed by atoms with van der Waals surface area (Å²) >= 11 is 6.48. The average molecular weight is 434 g/mol. The number of anilines is 3. The molecule has 1 aliphatic rings. The monoisotopic (exact) mass is 433 g/mol.